The van der Waals surface area contributed by atoms with Crippen molar-refractivity contribution in [3.8, 4) is 0 Å². The van der Waals surface area contributed by atoms with Gasteiger partial charge in [0.05, 0.1) is 19.3 Å². The highest BCUT2D eigenvalue weighted by atomic mass is 16.6. The molecule has 2 aromatic rings. The molecule has 2 heterocycles. The molecule has 0 aliphatic carbocycles. The zero-order chi connectivity index (χ0) is 24.9. The lowest BCUT2D eigenvalue weighted by Crippen LogP contribution is -2.44. The monoisotopic (exact) mass is 472 g/mol. The number of carbonyl (C=O) groups excluding carboxylic acids is 2. The van der Waals surface area contributed by atoms with Crippen molar-refractivity contribution in [2.45, 2.75) is 52.5 Å². The smallest absolute Gasteiger partial charge is 0.407 e. The zero-order valence-corrected chi connectivity index (χ0v) is 20.0. The average molecular weight is 473 g/mol. The van der Waals surface area contributed by atoms with Crippen LogP contribution >= 0.6 is 0 Å². The van der Waals surface area contributed by atoms with Crippen LogP contribution in [-0.2, 0) is 27.4 Å². The van der Waals surface area contributed by atoms with E-state index in [9.17, 15) is 19.2 Å². The van der Waals surface area contributed by atoms with Crippen LogP contribution in [0.5, 0.6) is 0 Å². The molecule has 1 saturated heterocycles. The van der Waals surface area contributed by atoms with Crippen LogP contribution in [0, 0.1) is 12.8 Å². The van der Waals surface area contributed by atoms with E-state index in [4.69, 9.17) is 9.47 Å². The second kappa shape index (κ2) is 10.7. The van der Waals surface area contributed by atoms with Gasteiger partial charge in [-0.25, -0.2) is 9.59 Å². The van der Waals surface area contributed by atoms with Crippen molar-refractivity contribution in [1.82, 2.24) is 19.8 Å². The van der Waals surface area contributed by atoms with Crippen molar-refractivity contribution in [3.05, 3.63) is 68.5 Å². The third kappa shape index (κ3) is 7.05. The molecule has 34 heavy (non-hydrogen) atoms. The molecule has 3 rings (SSSR count). The molecule has 10 heteroatoms. The second-order valence-electron chi connectivity index (χ2n) is 9.51. The molecule has 0 saturated carbocycles. The van der Waals surface area contributed by atoms with Gasteiger partial charge in [0, 0.05) is 30.8 Å². The Morgan fingerprint density at radius 3 is 2.53 bits per heavy atom. The van der Waals surface area contributed by atoms with Crippen LogP contribution in [0.4, 0.5) is 4.79 Å². The highest BCUT2D eigenvalue weighted by Crippen LogP contribution is 2.20. The van der Waals surface area contributed by atoms with Gasteiger partial charge >= 0.3 is 11.8 Å². The van der Waals surface area contributed by atoms with E-state index >= 15 is 0 Å². The topological polar surface area (TPSA) is 123 Å². The SMILES string of the molecule is Cc1cn(CC(=O)N2CC(COCc3ccccc3)C(NC(=O)OC(C)(C)C)C2)c(=O)[nH]c1=O. The first-order chi connectivity index (χ1) is 16.0. The molecule has 0 bridgehead atoms. The van der Waals surface area contributed by atoms with Crippen LogP contribution in [0.2, 0.25) is 0 Å². The summed E-state index contributed by atoms with van der Waals surface area (Å²) in [7, 11) is 0. The Bertz CT molecular complexity index is 1120. The molecule has 1 fully saturated rings. The van der Waals surface area contributed by atoms with Gasteiger partial charge in [-0.05, 0) is 33.3 Å². The lowest BCUT2D eigenvalue weighted by molar-refractivity contribution is -0.131. The largest absolute Gasteiger partial charge is 0.444 e. The summed E-state index contributed by atoms with van der Waals surface area (Å²) in [5.41, 5.74) is -0.411. The van der Waals surface area contributed by atoms with Gasteiger partial charge < -0.3 is 19.7 Å². The van der Waals surface area contributed by atoms with Gasteiger partial charge in [0.2, 0.25) is 5.91 Å². The van der Waals surface area contributed by atoms with Gasteiger partial charge in [0.1, 0.15) is 12.1 Å². The van der Waals surface area contributed by atoms with Crippen molar-refractivity contribution in [2.24, 2.45) is 5.92 Å². The number of nitrogens with zero attached hydrogens (tertiary/aromatic N) is 2. The molecule has 10 nitrogen and oxygen atoms in total. The number of alkyl carbamates (subject to hydrolysis) is 1. The van der Waals surface area contributed by atoms with E-state index in [0.29, 0.717) is 25.3 Å². The fraction of sp³-hybridized carbons (Fsp3) is 0.500. The van der Waals surface area contributed by atoms with Crippen molar-refractivity contribution >= 4 is 12.0 Å². The van der Waals surface area contributed by atoms with Crippen molar-refractivity contribution in [2.75, 3.05) is 19.7 Å². The Morgan fingerprint density at radius 2 is 1.85 bits per heavy atom. The van der Waals surface area contributed by atoms with Gasteiger partial charge in [-0.3, -0.25) is 19.1 Å². The summed E-state index contributed by atoms with van der Waals surface area (Å²) in [5.74, 6) is -0.454. The highest BCUT2D eigenvalue weighted by Gasteiger charge is 2.37. The number of hydrogen-bond acceptors (Lipinski definition) is 6. The quantitative estimate of drug-likeness (QED) is 0.628. The Morgan fingerprint density at radius 1 is 1.15 bits per heavy atom. The highest BCUT2D eigenvalue weighted by molar-refractivity contribution is 5.76. The first-order valence-electron chi connectivity index (χ1n) is 11.2. The number of amides is 2. The van der Waals surface area contributed by atoms with Crippen LogP contribution in [0.1, 0.15) is 31.9 Å². The van der Waals surface area contributed by atoms with E-state index in [0.717, 1.165) is 5.56 Å². The van der Waals surface area contributed by atoms with Gasteiger partial charge in [-0.1, -0.05) is 30.3 Å². The Hall–Kier alpha value is -3.40. The minimum absolute atomic E-state index is 0.158. The number of aromatic nitrogens is 2. The number of likely N-dealkylation sites (tertiary alicyclic amines) is 1. The lowest BCUT2D eigenvalue weighted by atomic mass is 10.1. The maximum absolute atomic E-state index is 13.0. The van der Waals surface area contributed by atoms with Crippen LogP contribution in [0.3, 0.4) is 0 Å². The zero-order valence-electron chi connectivity index (χ0n) is 20.0. The van der Waals surface area contributed by atoms with E-state index < -0.39 is 22.9 Å². The first-order valence-corrected chi connectivity index (χ1v) is 11.2. The van der Waals surface area contributed by atoms with Gasteiger partial charge in [-0.2, -0.15) is 0 Å². The van der Waals surface area contributed by atoms with Crippen LogP contribution in [0.25, 0.3) is 0 Å². The summed E-state index contributed by atoms with van der Waals surface area (Å²) < 4.78 is 12.4. The normalized spacial score (nSPS) is 18.1. The minimum Gasteiger partial charge on any atom is -0.444 e. The molecule has 184 valence electrons. The summed E-state index contributed by atoms with van der Waals surface area (Å²) in [6, 6.07) is 9.35. The number of hydrogen-bond donors (Lipinski definition) is 2. The number of H-pyrrole nitrogens is 1. The Labute approximate surface area is 197 Å². The third-order valence-electron chi connectivity index (χ3n) is 5.43. The maximum Gasteiger partial charge on any atom is 0.407 e. The fourth-order valence-electron chi connectivity index (χ4n) is 3.75. The summed E-state index contributed by atoms with van der Waals surface area (Å²) in [5, 5.41) is 2.86. The molecule has 0 radical (unpaired) electrons. The van der Waals surface area contributed by atoms with Crippen LogP contribution in [-0.4, -0.2) is 57.8 Å². The third-order valence-corrected chi connectivity index (χ3v) is 5.43. The predicted octanol–water partition coefficient (Wildman–Crippen LogP) is 1.41. The Kier molecular flexibility index (Phi) is 7.93. The lowest BCUT2D eigenvalue weighted by Gasteiger charge is -2.24. The molecule has 2 unspecified atom stereocenters. The Balaban J connectivity index is 1.67. The summed E-state index contributed by atoms with van der Waals surface area (Å²) in [6.07, 6.45) is 0.804. The molecule has 1 aliphatic rings. The molecule has 2 N–H and O–H groups in total. The van der Waals surface area contributed by atoms with Gasteiger partial charge in [-0.15, -0.1) is 0 Å². The van der Waals surface area contributed by atoms with Crippen molar-refractivity contribution in [3.63, 3.8) is 0 Å². The van der Waals surface area contributed by atoms with Crippen molar-refractivity contribution < 1.29 is 19.1 Å². The number of aromatic amines is 1. The van der Waals surface area contributed by atoms with Gasteiger partial charge in [0.25, 0.3) is 5.56 Å². The van der Waals surface area contributed by atoms with E-state index in [1.807, 2.05) is 30.3 Å². The van der Waals surface area contributed by atoms with Gasteiger partial charge in [0.15, 0.2) is 0 Å². The standard InChI is InChI=1S/C24H32N4O6/c1-16-10-28(22(31)26-21(16)30)13-20(29)27-11-18(15-33-14-17-8-6-5-7-9-17)19(12-27)25-23(32)34-24(2,3)4/h5-10,18-19H,11-15H2,1-4H3,(H,25,32)(H,26,30,31). The molecular weight excluding hydrogens is 440 g/mol. The maximum atomic E-state index is 13.0. The van der Waals surface area contributed by atoms with Crippen LogP contribution in [0.15, 0.2) is 46.1 Å². The number of rotatable bonds is 7. The minimum atomic E-state index is -0.652. The molecule has 0 spiro atoms. The number of nitrogens with one attached hydrogen (secondary N) is 2. The number of carbonyl (C=O) groups is 2. The molecular formula is C24H32N4O6. The molecule has 1 aliphatic heterocycles. The first kappa shape index (κ1) is 25.2. The van der Waals surface area contributed by atoms with E-state index in [-0.39, 0.29) is 31.0 Å². The second-order valence-corrected chi connectivity index (χ2v) is 9.51. The summed E-state index contributed by atoms with van der Waals surface area (Å²) in [4.78, 5) is 52.8. The number of ether oxygens (including phenoxy) is 2. The van der Waals surface area contributed by atoms with E-state index in [2.05, 4.69) is 10.3 Å². The van der Waals surface area contributed by atoms with E-state index in [1.54, 1.807) is 32.6 Å². The summed E-state index contributed by atoms with van der Waals surface area (Å²) >= 11 is 0. The molecule has 2 atom stereocenters. The summed E-state index contributed by atoms with van der Waals surface area (Å²) in [6.45, 7) is 8.04. The molecule has 1 aromatic carbocycles. The van der Waals surface area contributed by atoms with Crippen molar-refractivity contribution in [1.29, 1.82) is 0 Å². The average Bonchev–Trinajstić information content (AvgIpc) is 3.14. The fourth-order valence-corrected chi connectivity index (χ4v) is 3.75. The number of aryl methyl sites for hydroxylation is 1. The van der Waals surface area contributed by atoms with E-state index in [1.165, 1.54) is 10.8 Å². The van der Waals surface area contributed by atoms with Crippen LogP contribution < -0.4 is 16.6 Å². The predicted molar refractivity (Wildman–Crippen MR) is 125 cm³/mol. The molecule has 1 aromatic heterocycles. The molecule has 2 amide bonds. The number of benzene rings is 1.